The summed E-state index contributed by atoms with van der Waals surface area (Å²) in [6.45, 7) is 5.32. The Bertz CT molecular complexity index is 681. The second-order valence-corrected chi connectivity index (χ2v) is 7.34. The van der Waals surface area contributed by atoms with Gasteiger partial charge in [0.15, 0.2) is 0 Å². The van der Waals surface area contributed by atoms with Gasteiger partial charge in [0.2, 0.25) is 0 Å². The molecule has 0 saturated carbocycles. The minimum atomic E-state index is 0.368. The molecule has 3 aromatic rings. The van der Waals surface area contributed by atoms with Gasteiger partial charge in [0.25, 0.3) is 0 Å². The minimum absolute atomic E-state index is 0.368. The summed E-state index contributed by atoms with van der Waals surface area (Å²) in [7, 11) is 0. The summed E-state index contributed by atoms with van der Waals surface area (Å²) in [5.41, 5.74) is 1.13. The van der Waals surface area contributed by atoms with Gasteiger partial charge in [-0.05, 0) is 37.4 Å². The van der Waals surface area contributed by atoms with E-state index in [1.165, 1.54) is 20.0 Å². The van der Waals surface area contributed by atoms with Crippen LogP contribution in [0.4, 0.5) is 0 Å². The van der Waals surface area contributed by atoms with E-state index in [-0.39, 0.29) is 0 Å². The van der Waals surface area contributed by atoms with E-state index in [4.69, 9.17) is 0 Å². The first-order chi connectivity index (χ1) is 10.3. The lowest BCUT2D eigenvalue weighted by atomic mass is 10.1. The van der Waals surface area contributed by atoms with Gasteiger partial charge < -0.3 is 5.32 Å². The quantitative estimate of drug-likeness (QED) is 0.696. The summed E-state index contributed by atoms with van der Waals surface area (Å²) in [6, 6.07) is 11.3. The van der Waals surface area contributed by atoms with E-state index in [1.807, 2.05) is 11.3 Å². The molecular weight excluding hydrogens is 296 g/mol. The molecule has 0 aliphatic carbocycles. The maximum absolute atomic E-state index is 4.62. The molecule has 2 aromatic heterocycles. The molecule has 0 bridgehead atoms. The van der Waals surface area contributed by atoms with Crippen molar-refractivity contribution in [3.63, 3.8) is 0 Å². The Hall–Kier alpha value is -1.23. The number of aryl methyl sites for hydroxylation is 1. The third-order valence-electron chi connectivity index (χ3n) is 3.47. The lowest BCUT2D eigenvalue weighted by Gasteiger charge is -2.15. The van der Waals surface area contributed by atoms with Crippen LogP contribution in [0.15, 0.2) is 35.7 Å². The molecule has 0 spiro atoms. The molecule has 1 aromatic carbocycles. The van der Waals surface area contributed by atoms with Crippen molar-refractivity contribution in [2.45, 2.75) is 32.7 Å². The number of hydrogen-bond donors (Lipinski definition) is 1. The van der Waals surface area contributed by atoms with Gasteiger partial charge in [0, 0.05) is 33.1 Å². The summed E-state index contributed by atoms with van der Waals surface area (Å²) >= 11 is 3.66. The number of thiazole rings is 1. The van der Waals surface area contributed by atoms with E-state index in [0.29, 0.717) is 6.04 Å². The summed E-state index contributed by atoms with van der Waals surface area (Å²) in [5, 5.41) is 8.38. The molecule has 2 heterocycles. The number of rotatable bonds is 6. The monoisotopic (exact) mass is 316 g/mol. The SMILES string of the molecule is CCCNC(Cc1nc(C)cs1)c1cc2ccccc2s1. The summed E-state index contributed by atoms with van der Waals surface area (Å²) in [5.74, 6) is 0. The fourth-order valence-electron chi connectivity index (χ4n) is 2.44. The van der Waals surface area contributed by atoms with Gasteiger partial charge >= 0.3 is 0 Å². The summed E-state index contributed by atoms with van der Waals surface area (Å²) < 4.78 is 1.37. The standard InChI is InChI=1S/C17H20N2S2/c1-3-8-18-14(10-17-19-12(2)11-20-17)16-9-13-6-4-5-7-15(13)21-16/h4-7,9,11,14,18H,3,8,10H2,1-2H3. The molecular formula is C17H20N2S2. The van der Waals surface area contributed by atoms with E-state index >= 15 is 0 Å². The molecule has 0 radical (unpaired) electrons. The average molecular weight is 316 g/mol. The van der Waals surface area contributed by atoms with Crippen LogP contribution in [0.5, 0.6) is 0 Å². The highest BCUT2D eigenvalue weighted by Crippen LogP contribution is 2.32. The van der Waals surface area contributed by atoms with Crippen LogP contribution in [-0.2, 0) is 6.42 Å². The van der Waals surface area contributed by atoms with E-state index in [1.54, 1.807) is 11.3 Å². The van der Waals surface area contributed by atoms with Gasteiger partial charge in [0.05, 0.1) is 5.01 Å². The topological polar surface area (TPSA) is 24.9 Å². The molecule has 1 N–H and O–H groups in total. The van der Waals surface area contributed by atoms with Crippen LogP contribution in [0.1, 0.15) is 35.0 Å². The van der Waals surface area contributed by atoms with Crippen LogP contribution in [-0.4, -0.2) is 11.5 Å². The van der Waals surface area contributed by atoms with E-state index in [0.717, 1.165) is 25.1 Å². The van der Waals surface area contributed by atoms with Gasteiger partial charge in [0.1, 0.15) is 0 Å². The minimum Gasteiger partial charge on any atom is -0.309 e. The molecule has 21 heavy (non-hydrogen) atoms. The zero-order valence-corrected chi connectivity index (χ0v) is 14.1. The van der Waals surface area contributed by atoms with Crippen LogP contribution < -0.4 is 5.32 Å². The number of aromatic nitrogens is 1. The Morgan fingerprint density at radius 2 is 2.14 bits per heavy atom. The number of benzene rings is 1. The van der Waals surface area contributed by atoms with Crippen molar-refractivity contribution in [1.82, 2.24) is 10.3 Å². The van der Waals surface area contributed by atoms with Crippen LogP contribution >= 0.6 is 22.7 Å². The second-order valence-electron chi connectivity index (χ2n) is 5.28. The molecule has 0 amide bonds. The zero-order valence-electron chi connectivity index (χ0n) is 12.4. The molecule has 0 fully saturated rings. The third-order valence-corrected chi connectivity index (χ3v) is 5.69. The lowest BCUT2D eigenvalue weighted by molar-refractivity contribution is 0.535. The number of nitrogens with zero attached hydrogens (tertiary/aromatic N) is 1. The van der Waals surface area contributed by atoms with Crippen molar-refractivity contribution in [3.8, 4) is 0 Å². The Morgan fingerprint density at radius 1 is 1.29 bits per heavy atom. The third kappa shape index (κ3) is 3.51. The fourth-order valence-corrected chi connectivity index (χ4v) is 4.40. The number of fused-ring (bicyclic) bond motifs is 1. The first-order valence-corrected chi connectivity index (χ1v) is 9.08. The van der Waals surface area contributed by atoms with Crippen molar-refractivity contribution < 1.29 is 0 Å². The lowest BCUT2D eigenvalue weighted by Crippen LogP contribution is -2.23. The van der Waals surface area contributed by atoms with Gasteiger partial charge in [-0.3, -0.25) is 0 Å². The molecule has 2 nitrogen and oxygen atoms in total. The Balaban J connectivity index is 1.86. The molecule has 0 aliphatic rings. The van der Waals surface area contributed by atoms with Crippen molar-refractivity contribution >= 4 is 32.8 Å². The predicted octanol–water partition coefficient (Wildman–Crippen LogP) is 4.95. The normalized spacial score (nSPS) is 12.9. The second kappa shape index (κ2) is 6.69. The number of hydrogen-bond acceptors (Lipinski definition) is 4. The maximum atomic E-state index is 4.62. The van der Waals surface area contributed by atoms with Crippen molar-refractivity contribution in [2.24, 2.45) is 0 Å². The van der Waals surface area contributed by atoms with E-state index in [2.05, 4.69) is 59.9 Å². The van der Waals surface area contributed by atoms with E-state index < -0.39 is 0 Å². The molecule has 1 atom stereocenters. The molecule has 0 aliphatic heterocycles. The van der Waals surface area contributed by atoms with Crippen molar-refractivity contribution in [3.05, 3.63) is 51.3 Å². The van der Waals surface area contributed by atoms with Gasteiger partial charge in [-0.1, -0.05) is 25.1 Å². The first kappa shape index (κ1) is 14.7. The van der Waals surface area contributed by atoms with Gasteiger partial charge in [-0.15, -0.1) is 22.7 Å². The summed E-state index contributed by atoms with van der Waals surface area (Å²) in [6.07, 6.45) is 2.13. The van der Waals surface area contributed by atoms with Crippen LogP contribution in [0, 0.1) is 6.92 Å². The number of nitrogens with one attached hydrogen (secondary N) is 1. The van der Waals surface area contributed by atoms with Gasteiger partial charge in [-0.25, -0.2) is 4.98 Å². The Labute approximate surface area is 133 Å². The Kier molecular flexibility index (Phi) is 4.68. The smallest absolute Gasteiger partial charge is 0.0947 e. The van der Waals surface area contributed by atoms with Crippen molar-refractivity contribution in [1.29, 1.82) is 0 Å². The van der Waals surface area contributed by atoms with Crippen molar-refractivity contribution in [2.75, 3.05) is 6.54 Å². The highest BCUT2D eigenvalue weighted by atomic mass is 32.1. The maximum Gasteiger partial charge on any atom is 0.0947 e. The average Bonchev–Trinajstić information content (AvgIpc) is 3.09. The predicted molar refractivity (Wildman–Crippen MR) is 93.4 cm³/mol. The fraction of sp³-hybridized carbons (Fsp3) is 0.353. The summed E-state index contributed by atoms with van der Waals surface area (Å²) in [4.78, 5) is 6.04. The highest BCUT2D eigenvalue weighted by molar-refractivity contribution is 7.19. The molecule has 4 heteroatoms. The van der Waals surface area contributed by atoms with Crippen LogP contribution in [0.2, 0.25) is 0 Å². The molecule has 1 unspecified atom stereocenters. The number of thiophene rings is 1. The first-order valence-electron chi connectivity index (χ1n) is 7.39. The zero-order chi connectivity index (χ0) is 14.7. The Morgan fingerprint density at radius 3 is 2.86 bits per heavy atom. The van der Waals surface area contributed by atoms with Crippen LogP contribution in [0.3, 0.4) is 0 Å². The van der Waals surface area contributed by atoms with E-state index in [9.17, 15) is 0 Å². The molecule has 0 saturated heterocycles. The molecule has 110 valence electrons. The largest absolute Gasteiger partial charge is 0.309 e. The van der Waals surface area contributed by atoms with Gasteiger partial charge in [-0.2, -0.15) is 0 Å². The highest BCUT2D eigenvalue weighted by Gasteiger charge is 2.16. The van der Waals surface area contributed by atoms with Crippen LogP contribution in [0.25, 0.3) is 10.1 Å². The molecule has 3 rings (SSSR count).